The van der Waals surface area contributed by atoms with Crippen molar-refractivity contribution < 1.29 is 13.3 Å². The molecule has 0 aliphatic carbocycles. The highest BCUT2D eigenvalue weighted by molar-refractivity contribution is 7.90. The quantitative estimate of drug-likeness (QED) is 0.630. The second kappa shape index (κ2) is 5.15. The van der Waals surface area contributed by atoms with Crippen LogP contribution in [0, 0.1) is 10.1 Å². The Hall–Kier alpha value is -2.28. The molecule has 0 saturated heterocycles. The molecule has 2 rings (SSSR count). The molecular weight excluding hydrogens is 268 g/mol. The Kier molecular flexibility index (Phi) is 3.57. The normalized spacial score (nSPS) is 11.2. The highest BCUT2D eigenvalue weighted by Crippen LogP contribution is 2.19. The number of nitro groups is 1. The van der Waals surface area contributed by atoms with Crippen molar-refractivity contribution in [3.63, 3.8) is 0 Å². The molecule has 0 amide bonds. The van der Waals surface area contributed by atoms with Crippen molar-refractivity contribution in [2.24, 2.45) is 0 Å². The van der Waals surface area contributed by atoms with Crippen molar-refractivity contribution in [2.75, 3.05) is 0 Å². The molecule has 0 saturated carbocycles. The summed E-state index contributed by atoms with van der Waals surface area (Å²) in [6.07, 6.45) is 3.03. The number of rotatable bonds is 4. The smallest absolute Gasteiger partial charge is 0.264 e. The Balaban J connectivity index is 2.27. The maximum Gasteiger partial charge on any atom is 0.269 e. The summed E-state index contributed by atoms with van der Waals surface area (Å²) in [6.45, 7) is 0. The second-order valence-electron chi connectivity index (χ2n) is 3.87. The van der Waals surface area contributed by atoms with Crippen molar-refractivity contribution in [1.29, 1.82) is 0 Å². The van der Waals surface area contributed by atoms with E-state index in [1.54, 1.807) is 18.3 Å². The van der Waals surface area contributed by atoms with Gasteiger partial charge in [-0.2, -0.15) is 0 Å². The Morgan fingerprint density at radius 1 is 1.16 bits per heavy atom. The monoisotopic (exact) mass is 278 g/mol. The van der Waals surface area contributed by atoms with Crippen LogP contribution in [-0.2, 0) is 15.6 Å². The maximum atomic E-state index is 12.1. The Morgan fingerprint density at radius 3 is 2.37 bits per heavy atom. The summed E-state index contributed by atoms with van der Waals surface area (Å²) in [7, 11) is -3.52. The molecule has 2 aromatic rings. The van der Waals surface area contributed by atoms with E-state index < -0.39 is 14.8 Å². The summed E-state index contributed by atoms with van der Waals surface area (Å²) >= 11 is 0. The number of nitro benzene ring substituents is 1. The Morgan fingerprint density at radius 2 is 1.84 bits per heavy atom. The first-order valence-corrected chi connectivity index (χ1v) is 7.00. The van der Waals surface area contributed by atoms with Gasteiger partial charge in [0.25, 0.3) is 5.69 Å². The summed E-state index contributed by atoms with van der Waals surface area (Å²) in [5.74, 6) is -0.182. The van der Waals surface area contributed by atoms with Crippen LogP contribution >= 0.6 is 0 Å². The van der Waals surface area contributed by atoms with Gasteiger partial charge in [0.1, 0.15) is 0 Å². The van der Waals surface area contributed by atoms with Gasteiger partial charge in [0, 0.05) is 24.5 Å². The fourth-order valence-electron chi connectivity index (χ4n) is 1.56. The van der Waals surface area contributed by atoms with E-state index in [4.69, 9.17) is 0 Å². The van der Waals surface area contributed by atoms with Gasteiger partial charge in [0.2, 0.25) is 0 Å². The van der Waals surface area contributed by atoms with Gasteiger partial charge in [-0.15, -0.1) is 0 Å². The van der Waals surface area contributed by atoms with E-state index in [0.29, 0.717) is 5.56 Å². The van der Waals surface area contributed by atoms with Crippen LogP contribution in [0.3, 0.4) is 0 Å². The van der Waals surface area contributed by atoms with E-state index in [9.17, 15) is 18.5 Å². The van der Waals surface area contributed by atoms with Crippen LogP contribution in [0.1, 0.15) is 5.56 Å². The fourth-order valence-corrected chi connectivity index (χ4v) is 2.89. The number of pyridine rings is 1. The number of hydrogen-bond donors (Lipinski definition) is 0. The molecule has 0 spiro atoms. The third-order valence-corrected chi connectivity index (χ3v) is 4.19. The van der Waals surface area contributed by atoms with E-state index in [1.165, 1.54) is 30.5 Å². The fraction of sp³-hybridized carbons (Fsp3) is 0.0833. The van der Waals surface area contributed by atoms with E-state index in [2.05, 4.69) is 4.98 Å². The minimum Gasteiger partial charge on any atom is -0.264 e. The molecular formula is C12H10N2O4S. The predicted octanol–water partition coefficient (Wildman–Crippen LogP) is 1.96. The molecule has 7 heteroatoms. The highest BCUT2D eigenvalue weighted by atomic mass is 32.2. The largest absolute Gasteiger partial charge is 0.269 e. The van der Waals surface area contributed by atoms with E-state index in [0.717, 1.165) is 0 Å². The van der Waals surface area contributed by atoms with Crippen molar-refractivity contribution in [1.82, 2.24) is 4.98 Å². The first kappa shape index (κ1) is 13.2. The lowest BCUT2D eigenvalue weighted by Gasteiger charge is -2.04. The summed E-state index contributed by atoms with van der Waals surface area (Å²) in [5.41, 5.74) is 0.432. The lowest BCUT2D eigenvalue weighted by molar-refractivity contribution is -0.384. The Labute approximate surface area is 109 Å². The van der Waals surface area contributed by atoms with Crippen LogP contribution in [0.2, 0.25) is 0 Å². The SMILES string of the molecule is O=[N+]([O-])c1ccc(S(=O)(=O)Cc2cccnc2)cc1. The molecule has 0 unspecified atom stereocenters. The summed E-state index contributed by atoms with van der Waals surface area (Å²) in [4.78, 5) is 13.8. The molecule has 19 heavy (non-hydrogen) atoms. The van der Waals surface area contributed by atoms with Gasteiger partial charge in [-0.3, -0.25) is 15.1 Å². The maximum absolute atomic E-state index is 12.1. The van der Waals surface area contributed by atoms with Crippen LogP contribution in [0.25, 0.3) is 0 Å². The van der Waals surface area contributed by atoms with Gasteiger partial charge < -0.3 is 0 Å². The average Bonchev–Trinajstić information content (AvgIpc) is 2.39. The van der Waals surface area contributed by atoms with Crippen LogP contribution in [0.15, 0.2) is 53.7 Å². The Bertz CT molecular complexity index is 681. The standard InChI is InChI=1S/C12H10N2O4S/c15-14(16)11-3-5-12(6-4-11)19(17,18)9-10-2-1-7-13-8-10/h1-8H,9H2. The zero-order chi connectivity index (χ0) is 13.9. The highest BCUT2D eigenvalue weighted by Gasteiger charge is 2.16. The number of non-ortho nitro benzene ring substituents is 1. The molecule has 0 atom stereocenters. The topological polar surface area (TPSA) is 90.2 Å². The van der Waals surface area contributed by atoms with Crippen molar-refractivity contribution in [3.05, 3.63) is 64.5 Å². The molecule has 1 heterocycles. The molecule has 0 aliphatic rings. The molecule has 0 bridgehead atoms. The molecule has 6 nitrogen and oxygen atoms in total. The molecule has 0 radical (unpaired) electrons. The minimum atomic E-state index is -3.52. The summed E-state index contributed by atoms with van der Waals surface area (Å²) < 4.78 is 24.2. The zero-order valence-corrected chi connectivity index (χ0v) is 10.6. The van der Waals surface area contributed by atoms with Gasteiger partial charge in [-0.25, -0.2) is 8.42 Å². The zero-order valence-electron chi connectivity index (χ0n) is 9.76. The molecule has 1 aromatic carbocycles. The van der Waals surface area contributed by atoms with Gasteiger partial charge in [0.05, 0.1) is 15.6 Å². The van der Waals surface area contributed by atoms with Gasteiger partial charge in [0.15, 0.2) is 9.84 Å². The summed E-state index contributed by atoms with van der Waals surface area (Å²) in [5, 5.41) is 10.5. The number of hydrogen-bond acceptors (Lipinski definition) is 5. The van der Waals surface area contributed by atoms with Gasteiger partial charge in [-0.05, 0) is 23.8 Å². The second-order valence-corrected chi connectivity index (χ2v) is 5.86. The lowest BCUT2D eigenvalue weighted by atomic mass is 10.3. The third-order valence-electron chi connectivity index (χ3n) is 2.49. The summed E-state index contributed by atoms with van der Waals surface area (Å²) in [6, 6.07) is 8.15. The molecule has 0 N–H and O–H groups in total. The lowest BCUT2D eigenvalue weighted by Crippen LogP contribution is -2.05. The van der Waals surface area contributed by atoms with Crippen molar-refractivity contribution >= 4 is 15.5 Å². The van der Waals surface area contributed by atoms with Crippen molar-refractivity contribution in [2.45, 2.75) is 10.6 Å². The first-order valence-electron chi connectivity index (χ1n) is 5.35. The predicted molar refractivity (Wildman–Crippen MR) is 68.2 cm³/mol. The van der Waals surface area contributed by atoms with Gasteiger partial charge >= 0.3 is 0 Å². The number of aromatic nitrogens is 1. The van der Waals surface area contributed by atoms with E-state index in [1.807, 2.05) is 0 Å². The number of nitrogens with zero attached hydrogens (tertiary/aromatic N) is 2. The van der Waals surface area contributed by atoms with Crippen LogP contribution in [0.4, 0.5) is 5.69 Å². The molecule has 98 valence electrons. The first-order chi connectivity index (χ1) is 8.99. The van der Waals surface area contributed by atoms with Crippen LogP contribution in [-0.4, -0.2) is 18.3 Å². The van der Waals surface area contributed by atoms with Crippen LogP contribution < -0.4 is 0 Å². The van der Waals surface area contributed by atoms with Crippen molar-refractivity contribution in [3.8, 4) is 0 Å². The van der Waals surface area contributed by atoms with E-state index in [-0.39, 0.29) is 16.3 Å². The van der Waals surface area contributed by atoms with E-state index >= 15 is 0 Å². The van der Waals surface area contributed by atoms with Crippen LogP contribution in [0.5, 0.6) is 0 Å². The average molecular weight is 278 g/mol. The molecule has 1 aromatic heterocycles. The number of sulfone groups is 1. The third kappa shape index (κ3) is 3.14. The minimum absolute atomic E-state index is 0.0574. The molecule has 0 aliphatic heterocycles. The molecule has 0 fully saturated rings. The number of benzene rings is 1. The van der Waals surface area contributed by atoms with Gasteiger partial charge in [-0.1, -0.05) is 6.07 Å².